The number of carbonyl (C=O) groups is 2. The van der Waals surface area contributed by atoms with Crippen molar-refractivity contribution in [3.63, 3.8) is 0 Å². The molecule has 0 aliphatic heterocycles. The van der Waals surface area contributed by atoms with Gasteiger partial charge >= 0.3 is 5.97 Å². The quantitative estimate of drug-likeness (QED) is 0.747. The SMILES string of the molecule is O=C(O)c1ccc(C(=O)N(Cc2ccco2)Cc2ccco2)s1. The van der Waals surface area contributed by atoms with Gasteiger partial charge in [-0.25, -0.2) is 4.79 Å². The van der Waals surface area contributed by atoms with Gasteiger partial charge in [0.1, 0.15) is 16.4 Å². The maximum absolute atomic E-state index is 12.7. The van der Waals surface area contributed by atoms with Gasteiger partial charge in [-0.05, 0) is 36.4 Å². The zero-order valence-electron chi connectivity index (χ0n) is 12.0. The number of thiophene rings is 1. The summed E-state index contributed by atoms with van der Waals surface area (Å²) in [4.78, 5) is 25.7. The van der Waals surface area contributed by atoms with Crippen molar-refractivity contribution in [2.45, 2.75) is 13.1 Å². The van der Waals surface area contributed by atoms with Crippen molar-refractivity contribution in [1.82, 2.24) is 4.90 Å². The van der Waals surface area contributed by atoms with Gasteiger partial charge < -0.3 is 18.8 Å². The molecule has 0 fully saturated rings. The molecule has 0 aromatic carbocycles. The second-order valence-electron chi connectivity index (χ2n) is 4.79. The van der Waals surface area contributed by atoms with Crippen LogP contribution >= 0.6 is 11.3 Å². The second kappa shape index (κ2) is 6.53. The maximum Gasteiger partial charge on any atom is 0.345 e. The molecule has 0 unspecified atom stereocenters. The van der Waals surface area contributed by atoms with Gasteiger partial charge in [0.2, 0.25) is 0 Å². The van der Waals surface area contributed by atoms with Crippen molar-refractivity contribution in [3.05, 3.63) is 70.2 Å². The topological polar surface area (TPSA) is 83.9 Å². The number of carboxylic acid groups (broad SMARTS) is 1. The highest BCUT2D eigenvalue weighted by molar-refractivity contribution is 7.15. The number of nitrogens with zero attached hydrogens (tertiary/aromatic N) is 1. The summed E-state index contributed by atoms with van der Waals surface area (Å²) in [5.74, 6) is -0.0344. The second-order valence-corrected chi connectivity index (χ2v) is 5.87. The number of hydrogen-bond acceptors (Lipinski definition) is 5. The van der Waals surface area contributed by atoms with E-state index in [0.29, 0.717) is 16.4 Å². The summed E-state index contributed by atoms with van der Waals surface area (Å²) in [6.07, 6.45) is 3.08. The van der Waals surface area contributed by atoms with Crippen LogP contribution in [0, 0.1) is 0 Å². The Morgan fingerprint density at radius 3 is 1.96 bits per heavy atom. The van der Waals surface area contributed by atoms with Crippen LogP contribution in [0.4, 0.5) is 0 Å². The van der Waals surface area contributed by atoms with Gasteiger partial charge in [0, 0.05) is 0 Å². The summed E-state index contributed by atoms with van der Waals surface area (Å²) >= 11 is 0.951. The molecule has 0 saturated carbocycles. The molecule has 118 valence electrons. The van der Waals surface area contributed by atoms with Gasteiger partial charge in [0.15, 0.2) is 0 Å². The van der Waals surface area contributed by atoms with Crippen LogP contribution in [-0.4, -0.2) is 21.9 Å². The first-order valence-electron chi connectivity index (χ1n) is 6.80. The number of carbonyl (C=O) groups excluding carboxylic acids is 1. The number of rotatable bonds is 6. The van der Waals surface area contributed by atoms with E-state index in [4.69, 9.17) is 13.9 Å². The van der Waals surface area contributed by atoms with Gasteiger partial charge in [-0.3, -0.25) is 4.79 Å². The predicted molar refractivity (Wildman–Crippen MR) is 82.3 cm³/mol. The molecule has 0 atom stereocenters. The van der Waals surface area contributed by atoms with Crippen LogP contribution in [0.3, 0.4) is 0 Å². The highest BCUT2D eigenvalue weighted by atomic mass is 32.1. The van der Waals surface area contributed by atoms with Gasteiger partial charge in [-0.2, -0.15) is 0 Å². The highest BCUT2D eigenvalue weighted by Crippen LogP contribution is 2.21. The first kappa shape index (κ1) is 15.1. The highest BCUT2D eigenvalue weighted by Gasteiger charge is 2.21. The zero-order valence-corrected chi connectivity index (χ0v) is 12.8. The monoisotopic (exact) mass is 331 g/mol. The summed E-state index contributed by atoms with van der Waals surface area (Å²) in [5, 5.41) is 8.99. The molecule has 1 amide bonds. The molecule has 3 heterocycles. The molecule has 0 bridgehead atoms. The van der Waals surface area contributed by atoms with Crippen LogP contribution in [0.25, 0.3) is 0 Å². The molecule has 0 aliphatic rings. The molecular weight excluding hydrogens is 318 g/mol. The van der Waals surface area contributed by atoms with Crippen LogP contribution in [0.1, 0.15) is 30.9 Å². The number of amides is 1. The van der Waals surface area contributed by atoms with Gasteiger partial charge in [-0.15, -0.1) is 11.3 Å². The summed E-state index contributed by atoms with van der Waals surface area (Å²) in [5.41, 5.74) is 0. The first-order chi connectivity index (χ1) is 11.1. The first-order valence-corrected chi connectivity index (χ1v) is 7.62. The van der Waals surface area contributed by atoms with E-state index in [1.807, 2.05) is 0 Å². The summed E-state index contributed by atoms with van der Waals surface area (Å²) in [6.45, 7) is 0.541. The molecule has 6 nitrogen and oxygen atoms in total. The molecule has 7 heteroatoms. The third-order valence-corrected chi connectivity index (χ3v) is 4.23. The minimum absolute atomic E-state index is 0.129. The Morgan fingerprint density at radius 1 is 0.957 bits per heavy atom. The zero-order chi connectivity index (χ0) is 16.2. The summed E-state index contributed by atoms with van der Waals surface area (Å²) < 4.78 is 10.6. The van der Waals surface area contributed by atoms with E-state index in [0.717, 1.165) is 11.3 Å². The predicted octanol–water partition coefficient (Wildman–Crippen LogP) is 3.47. The molecule has 1 N–H and O–H groups in total. The Kier molecular flexibility index (Phi) is 4.29. The molecular formula is C16H13NO5S. The third-order valence-electron chi connectivity index (χ3n) is 3.17. The molecule has 0 spiro atoms. The van der Waals surface area contributed by atoms with Crippen LogP contribution < -0.4 is 0 Å². The average molecular weight is 331 g/mol. The largest absolute Gasteiger partial charge is 0.477 e. The fourth-order valence-electron chi connectivity index (χ4n) is 2.10. The number of furan rings is 2. The van der Waals surface area contributed by atoms with E-state index in [2.05, 4.69) is 0 Å². The minimum Gasteiger partial charge on any atom is -0.477 e. The van der Waals surface area contributed by atoms with Crippen LogP contribution in [0.15, 0.2) is 57.8 Å². The molecule has 0 radical (unpaired) electrons. The lowest BCUT2D eigenvalue weighted by Gasteiger charge is -2.19. The van der Waals surface area contributed by atoms with Gasteiger partial charge in [0.25, 0.3) is 5.91 Å². The Balaban J connectivity index is 1.83. The van der Waals surface area contributed by atoms with Crippen molar-refractivity contribution in [1.29, 1.82) is 0 Å². The van der Waals surface area contributed by atoms with Crippen molar-refractivity contribution in [2.75, 3.05) is 0 Å². The van der Waals surface area contributed by atoms with E-state index in [1.165, 1.54) is 12.1 Å². The third kappa shape index (κ3) is 3.51. The van der Waals surface area contributed by atoms with Crippen LogP contribution in [0.5, 0.6) is 0 Å². The fourth-order valence-corrected chi connectivity index (χ4v) is 2.92. The summed E-state index contributed by atoms with van der Waals surface area (Å²) in [6, 6.07) is 10.0. The molecule has 3 aromatic heterocycles. The number of hydrogen-bond donors (Lipinski definition) is 1. The summed E-state index contributed by atoms with van der Waals surface area (Å²) in [7, 11) is 0. The van der Waals surface area contributed by atoms with Crippen LogP contribution in [-0.2, 0) is 13.1 Å². The van der Waals surface area contributed by atoms with E-state index >= 15 is 0 Å². The van der Waals surface area contributed by atoms with E-state index in [9.17, 15) is 9.59 Å². The Labute approximate surface area is 135 Å². The molecule has 0 saturated heterocycles. The van der Waals surface area contributed by atoms with Gasteiger partial charge in [0.05, 0.1) is 30.5 Å². The van der Waals surface area contributed by atoms with E-state index < -0.39 is 5.97 Å². The lowest BCUT2D eigenvalue weighted by atomic mass is 10.3. The lowest BCUT2D eigenvalue weighted by Crippen LogP contribution is -2.29. The molecule has 23 heavy (non-hydrogen) atoms. The Morgan fingerprint density at radius 2 is 1.52 bits per heavy atom. The number of aromatic carboxylic acids is 1. The van der Waals surface area contributed by atoms with E-state index in [-0.39, 0.29) is 23.9 Å². The average Bonchev–Trinajstić information content (AvgIpc) is 3.28. The molecule has 3 rings (SSSR count). The Hall–Kier alpha value is -2.80. The van der Waals surface area contributed by atoms with Gasteiger partial charge in [-0.1, -0.05) is 0 Å². The molecule has 0 aliphatic carbocycles. The van der Waals surface area contributed by atoms with Crippen molar-refractivity contribution in [2.24, 2.45) is 0 Å². The normalized spacial score (nSPS) is 10.6. The minimum atomic E-state index is -1.04. The van der Waals surface area contributed by atoms with Crippen molar-refractivity contribution in [3.8, 4) is 0 Å². The molecule has 3 aromatic rings. The fraction of sp³-hybridized carbons (Fsp3) is 0.125. The Bertz CT molecular complexity index is 752. The standard InChI is InChI=1S/C16H13NO5S/c18-15(13-5-6-14(23-13)16(19)20)17(9-11-3-1-7-21-11)10-12-4-2-8-22-12/h1-8H,9-10H2,(H,19,20). The smallest absolute Gasteiger partial charge is 0.345 e. The van der Waals surface area contributed by atoms with Crippen molar-refractivity contribution < 1.29 is 23.5 Å². The van der Waals surface area contributed by atoms with Crippen LogP contribution in [0.2, 0.25) is 0 Å². The van der Waals surface area contributed by atoms with E-state index in [1.54, 1.807) is 41.7 Å². The maximum atomic E-state index is 12.7. The van der Waals surface area contributed by atoms with Crippen molar-refractivity contribution >= 4 is 23.2 Å². The number of carboxylic acids is 1. The lowest BCUT2D eigenvalue weighted by molar-refractivity contribution is 0.0699.